The molecule has 1 aliphatic carbocycles. The molecule has 3 unspecified atom stereocenters. The van der Waals surface area contributed by atoms with Gasteiger partial charge in [0, 0.05) is 24.8 Å². The first-order valence-corrected chi connectivity index (χ1v) is 7.45. The summed E-state index contributed by atoms with van der Waals surface area (Å²) >= 11 is 0. The first kappa shape index (κ1) is 15.1. The van der Waals surface area contributed by atoms with E-state index in [2.05, 4.69) is 24.1 Å². The monoisotopic (exact) mass is 278 g/mol. The molecule has 0 spiro atoms. The highest BCUT2D eigenvalue weighted by molar-refractivity contribution is 5.42. The van der Waals surface area contributed by atoms with Gasteiger partial charge in [-0.1, -0.05) is 13.8 Å². The van der Waals surface area contributed by atoms with E-state index < -0.39 is 0 Å². The molecule has 1 N–H and O–H groups in total. The van der Waals surface area contributed by atoms with Crippen LogP contribution in [0.25, 0.3) is 0 Å². The molecule has 0 radical (unpaired) electrons. The summed E-state index contributed by atoms with van der Waals surface area (Å²) in [6.07, 6.45) is 5.63. The molecule has 1 fully saturated rings. The minimum Gasteiger partial charge on any atom is -0.493 e. The van der Waals surface area contributed by atoms with Gasteiger partial charge in [0.1, 0.15) is 0 Å². The highest BCUT2D eigenvalue weighted by Gasteiger charge is 2.25. The topological polar surface area (TPSA) is 43.4 Å². The molecule has 20 heavy (non-hydrogen) atoms. The predicted octanol–water partition coefficient (Wildman–Crippen LogP) is 3.01. The van der Waals surface area contributed by atoms with Crippen LogP contribution in [0.4, 0.5) is 0 Å². The van der Waals surface area contributed by atoms with Gasteiger partial charge < -0.3 is 14.8 Å². The average Bonchev–Trinajstić information content (AvgIpc) is 2.45. The molecule has 0 amide bonds. The van der Waals surface area contributed by atoms with E-state index in [0.29, 0.717) is 6.04 Å². The first-order valence-electron chi connectivity index (χ1n) is 7.45. The Morgan fingerprint density at radius 3 is 2.70 bits per heavy atom. The van der Waals surface area contributed by atoms with E-state index >= 15 is 0 Å². The number of rotatable bonds is 5. The summed E-state index contributed by atoms with van der Waals surface area (Å²) in [5.41, 5.74) is 0.915. The number of nitrogens with one attached hydrogen (secondary N) is 1. The highest BCUT2D eigenvalue weighted by Crippen LogP contribution is 2.31. The maximum atomic E-state index is 5.42. The van der Waals surface area contributed by atoms with Gasteiger partial charge in [-0.3, -0.25) is 4.98 Å². The molecule has 2 rings (SSSR count). The summed E-state index contributed by atoms with van der Waals surface area (Å²) in [6.45, 7) is 5.41. The van der Waals surface area contributed by atoms with Crippen molar-refractivity contribution in [3.63, 3.8) is 0 Å². The molecule has 0 aromatic carbocycles. The van der Waals surface area contributed by atoms with Gasteiger partial charge in [-0.05, 0) is 31.1 Å². The molecule has 0 saturated heterocycles. The number of hydrogen-bond donors (Lipinski definition) is 1. The van der Waals surface area contributed by atoms with Gasteiger partial charge in [0.25, 0.3) is 0 Å². The fourth-order valence-electron chi connectivity index (χ4n) is 3.17. The van der Waals surface area contributed by atoms with Crippen LogP contribution in [-0.4, -0.2) is 25.2 Å². The molecule has 0 bridgehead atoms. The summed E-state index contributed by atoms with van der Waals surface area (Å²) < 4.78 is 10.7. The minimum absolute atomic E-state index is 0.573. The Bertz CT molecular complexity index is 436. The lowest BCUT2D eigenvalue weighted by atomic mass is 9.80. The van der Waals surface area contributed by atoms with Crippen molar-refractivity contribution >= 4 is 0 Å². The standard InChI is InChI=1S/C16H26N2O2/c1-11-5-6-13(12(2)9-11)18-10-14-16(20-4)15(19-3)7-8-17-14/h7-8,11-13,18H,5-6,9-10H2,1-4H3. The maximum absolute atomic E-state index is 5.42. The lowest BCUT2D eigenvalue weighted by molar-refractivity contribution is 0.226. The largest absolute Gasteiger partial charge is 0.493 e. The van der Waals surface area contributed by atoms with E-state index in [-0.39, 0.29) is 0 Å². The van der Waals surface area contributed by atoms with Crippen molar-refractivity contribution in [2.45, 2.75) is 45.7 Å². The molecule has 4 nitrogen and oxygen atoms in total. The minimum atomic E-state index is 0.573. The molecule has 112 valence electrons. The van der Waals surface area contributed by atoms with Crippen LogP contribution >= 0.6 is 0 Å². The Hall–Kier alpha value is -1.29. The van der Waals surface area contributed by atoms with Crippen LogP contribution in [0.5, 0.6) is 11.5 Å². The number of aromatic nitrogens is 1. The van der Waals surface area contributed by atoms with Gasteiger partial charge in [0.15, 0.2) is 11.5 Å². The summed E-state index contributed by atoms with van der Waals surface area (Å²) in [6, 6.07) is 2.40. The Morgan fingerprint density at radius 2 is 2.05 bits per heavy atom. The van der Waals surface area contributed by atoms with E-state index in [1.807, 2.05) is 6.07 Å². The van der Waals surface area contributed by atoms with Crippen LogP contribution in [-0.2, 0) is 6.54 Å². The molecular weight excluding hydrogens is 252 g/mol. The van der Waals surface area contributed by atoms with Crippen molar-refractivity contribution in [1.29, 1.82) is 0 Å². The third-order valence-electron chi connectivity index (χ3n) is 4.33. The zero-order valence-corrected chi connectivity index (χ0v) is 13.0. The second-order valence-electron chi connectivity index (χ2n) is 5.88. The Morgan fingerprint density at radius 1 is 1.25 bits per heavy atom. The molecule has 1 aromatic heterocycles. The van der Waals surface area contributed by atoms with Crippen molar-refractivity contribution < 1.29 is 9.47 Å². The second kappa shape index (κ2) is 6.93. The number of hydrogen-bond acceptors (Lipinski definition) is 4. The Kier molecular flexibility index (Phi) is 5.24. The van der Waals surface area contributed by atoms with Gasteiger partial charge in [-0.25, -0.2) is 0 Å². The number of methoxy groups -OCH3 is 2. The van der Waals surface area contributed by atoms with Gasteiger partial charge >= 0.3 is 0 Å². The SMILES string of the molecule is COc1ccnc(CNC2CCC(C)CC2C)c1OC. The van der Waals surface area contributed by atoms with Crippen LogP contribution < -0.4 is 14.8 Å². The molecule has 4 heteroatoms. The molecule has 3 atom stereocenters. The second-order valence-corrected chi connectivity index (χ2v) is 5.88. The Balaban J connectivity index is 2.00. The highest BCUT2D eigenvalue weighted by atomic mass is 16.5. The van der Waals surface area contributed by atoms with Crippen molar-refractivity contribution in [2.24, 2.45) is 11.8 Å². The van der Waals surface area contributed by atoms with Gasteiger partial charge in [0.05, 0.1) is 19.9 Å². The summed E-state index contributed by atoms with van der Waals surface area (Å²) in [4.78, 5) is 4.42. The lowest BCUT2D eigenvalue weighted by Gasteiger charge is -2.33. The van der Waals surface area contributed by atoms with E-state index in [9.17, 15) is 0 Å². The van der Waals surface area contributed by atoms with Gasteiger partial charge in [-0.2, -0.15) is 0 Å². The summed E-state index contributed by atoms with van der Waals surface area (Å²) in [5, 5.41) is 3.64. The van der Waals surface area contributed by atoms with Gasteiger partial charge in [0.2, 0.25) is 0 Å². The molecule has 0 aliphatic heterocycles. The van der Waals surface area contributed by atoms with Crippen molar-refractivity contribution in [3.8, 4) is 11.5 Å². The van der Waals surface area contributed by atoms with Crippen LogP contribution in [0.1, 0.15) is 38.8 Å². The quantitative estimate of drug-likeness (QED) is 0.899. The Labute approximate surface area is 121 Å². The zero-order chi connectivity index (χ0) is 14.5. The van der Waals surface area contributed by atoms with Gasteiger partial charge in [-0.15, -0.1) is 0 Å². The smallest absolute Gasteiger partial charge is 0.183 e. The molecular formula is C16H26N2O2. The third kappa shape index (κ3) is 3.42. The lowest BCUT2D eigenvalue weighted by Crippen LogP contribution is -2.38. The zero-order valence-electron chi connectivity index (χ0n) is 13.0. The van der Waals surface area contributed by atoms with Crippen LogP contribution in [0, 0.1) is 11.8 Å². The normalized spacial score (nSPS) is 26.3. The summed E-state index contributed by atoms with van der Waals surface area (Å²) in [5.74, 6) is 3.05. The van der Waals surface area contributed by atoms with E-state index in [1.165, 1.54) is 19.3 Å². The summed E-state index contributed by atoms with van der Waals surface area (Å²) in [7, 11) is 3.31. The van der Waals surface area contributed by atoms with Crippen LogP contribution in [0.2, 0.25) is 0 Å². The van der Waals surface area contributed by atoms with E-state index in [0.717, 1.165) is 35.6 Å². The maximum Gasteiger partial charge on any atom is 0.183 e. The third-order valence-corrected chi connectivity index (χ3v) is 4.33. The molecule has 1 aromatic rings. The number of pyridine rings is 1. The predicted molar refractivity (Wildman–Crippen MR) is 80.1 cm³/mol. The van der Waals surface area contributed by atoms with Crippen molar-refractivity contribution in [1.82, 2.24) is 10.3 Å². The average molecular weight is 278 g/mol. The van der Waals surface area contributed by atoms with Crippen LogP contribution in [0.15, 0.2) is 12.3 Å². The fraction of sp³-hybridized carbons (Fsp3) is 0.688. The van der Waals surface area contributed by atoms with Crippen molar-refractivity contribution in [3.05, 3.63) is 18.0 Å². The molecule has 1 aliphatic rings. The number of nitrogens with zero attached hydrogens (tertiary/aromatic N) is 1. The number of ether oxygens (including phenoxy) is 2. The fourth-order valence-corrected chi connectivity index (χ4v) is 3.17. The van der Waals surface area contributed by atoms with Crippen molar-refractivity contribution in [2.75, 3.05) is 14.2 Å². The first-order chi connectivity index (χ1) is 9.65. The van der Waals surface area contributed by atoms with E-state index in [1.54, 1.807) is 20.4 Å². The molecule has 1 heterocycles. The van der Waals surface area contributed by atoms with E-state index in [4.69, 9.17) is 9.47 Å². The molecule has 1 saturated carbocycles. The van der Waals surface area contributed by atoms with Crippen LogP contribution in [0.3, 0.4) is 0 Å².